The molecule has 3 rings (SSSR count). The molecule has 0 saturated heterocycles. The average Bonchev–Trinajstić information content (AvgIpc) is 2.88. The van der Waals surface area contributed by atoms with Crippen molar-refractivity contribution in [2.45, 2.75) is 25.8 Å². The third-order valence-electron chi connectivity index (χ3n) is 4.25. The molecule has 0 fully saturated rings. The van der Waals surface area contributed by atoms with Crippen molar-refractivity contribution in [1.82, 2.24) is 0 Å². The second kappa shape index (κ2) is 6.53. The molecule has 4 nitrogen and oxygen atoms in total. The van der Waals surface area contributed by atoms with Crippen LogP contribution >= 0.6 is 0 Å². The minimum atomic E-state index is -0.0655. The number of rotatable bonds is 4. The van der Waals surface area contributed by atoms with E-state index in [9.17, 15) is 4.79 Å². The van der Waals surface area contributed by atoms with Gasteiger partial charge in [0.15, 0.2) is 0 Å². The molecule has 2 aromatic carbocycles. The second-order valence-electron chi connectivity index (χ2n) is 5.83. The molecular formula is C19H19N3O. The molecule has 1 heterocycles. The van der Waals surface area contributed by atoms with Gasteiger partial charge in [-0.1, -0.05) is 30.3 Å². The van der Waals surface area contributed by atoms with Crippen molar-refractivity contribution >= 4 is 17.3 Å². The highest BCUT2D eigenvalue weighted by Crippen LogP contribution is 2.31. The van der Waals surface area contributed by atoms with Crippen LogP contribution in [0.3, 0.4) is 0 Å². The Labute approximate surface area is 136 Å². The smallest absolute Gasteiger partial charge is 0.226 e. The lowest BCUT2D eigenvalue weighted by atomic mass is 10.1. The number of nitrogens with one attached hydrogen (secondary N) is 1. The standard InChI is InChI=1S/C19H19N3O/c1-14-12-15-6-3-5-9-18(15)22(14)11-10-19(23)21-17-8-4-2-7-16(17)13-20/h2-9,14H,10-12H2,1H3,(H,21,23). The lowest BCUT2D eigenvalue weighted by Gasteiger charge is -2.24. The van der Waals surface area contributed by atoms with Crippen LogP contribution in [0.2, 0.25) is 0 Å². The molecule has 1 amide bonds. The number of fused-ring (bicyclic) bond motifs is 1. The van der Waals surface area contributed by atoms with Gasteiger partial charge in [-0.15, -0.1) is 0 Å². The Morgan fingerprint density at radius 1 is 1.26 bits per heavy atom. The van der Waals surface area contributed by atoms with Crippen molar-refractivity contribution in [3.05, 3.63) is 59.7 Å². The first kappa shape index (κ1) is 15.1. The number of para-hydroxylation sites is 2. The highest BCUT2D eigenvalue weighted by atomic mass is 16.1. The van der Waals surface area contributed by atoms with E-state index in [4.69, 9.17) is 5.26 Å². The van der Waals surface area contributed by atoms with Crippen LogP contribution in [-0.2, 0) is 11.2 Å². The van der Waals surface area contributed by atoms with Crippen molar-refractivity contribution in [2.24, 2.45) is 0 Å². The minimum absolute atomic E-state index is 0.0655. The molecule has 1 atom stereocenters. The molecule has 23 heavy (non-hydrogen) atoms. The van der Waals surface area contributed by atoms with Crippen LogP contribution in [0, 0.1) is 11.3 Å². The SMILES string of the molecule is CC1Cc2ccccc2N1CCC(=O)Nc1ccccc1C#N. The third kappa shape index (κ3) is 3.19. The van der Waals surface area contributed by atoms with Gasteiger partial charge in [-0.2, -0.15) is 5.26 Å². The summed E-state index contributed by atoms with van der Waals surface area (Å²) in [6, 6.07) is 17.9. The number of amides is 1. The Morgan fingerprint density at radius 3 is 2.83 bits per heavy atom. The Morgan fingerprint density at radius 2 is 2.00 bits per heavy atom. The van der Waals surface area contributed by atoms with E-state index in [-0.39, 0.29) is 5.91 Å². The Hall–Kier alpha value is -2.80. The molecule has 1 aliphatic rings. The van der Waals surface area contributed by atoms with Crippen LogP contribution in [0.4, 0.5) is 11.4 Å². The number of hydrogen-bond acceptors (Lipinski definition) is 3. The summed E-state index contributed by atoms with van der Waals surface area (Å²) in [5, 5.41) is 11.9. The first-order chi connectivity index (χ1) is 11.2. The minimum Gasteiger partial charge on any atom is -0.368 e. The maximum Gasteiger partial charge on any atom is 0.226 e. The van der Waals surface area contributed by atoms with Crippen molar-refractivity contribution in [2.75, 3.05) is 16.8 Å². The average molecular weight is 305 g/mol. The summed E-state index contributed by atoms with van der Waals surface area (Å²) in [5.74, 6) is -0.0655. The highest BCUT2D eigenvalue weighted by molar-refractivity contribution is 5.92. The maximum absolute atomic E-state index is 12.2. The molecule has 116 valence electrons. The summed E-state index contributed by atoms with van der Waals surface area (Å²) in [5.41, 5.74) is 3.64. The summed E-state index contributed by atoms with van der Waals surface area (Å²) in [6.07, 6.45) is 1.42. The molecule has 1 N–H and O–H groups in total. The van der Waals surface area contributed by atoms with Gasteiger partial charge in [-0.3, -0.25) is 4.79 Å². The highest BCUT2D eigenvalue weighted by Gasteiger charge is 2.25. The van der Waals surface area contributed by atoms with Crippen molar-refractivity contribution < 1.29 is 4.79 Å². The van der Waals surface area contributed by atoms with E-state index in [0.717, 1.165) is 6.42 Å². The summed E-state index contributed by atoms with van der Waals surface area (Å²) >= 11 is 0. The van der Waals surface area contributed by atoms with Crippen LogP contribution in [0.15, 0.2) is 48.5 Å². The van der Waals surface area contributed by atoms with Gasteiger partial charge in [0, 0.05) is 24.7 Å². The maximum atomic E-state index is 12.2. The van der Waals surface area contributed by atoms with Gasteiger partial charge >= 0.3 is 0 Å². The van der Waals surface area contributed by atoms with Gasteiger partial charge < -0.3 is 10.2 Å². The Balaban J connectivity index is 1.63. The predicted molar refractivity (Wildman–Crippen MR) is 91.4 cm³/mol. The summed E-state index contributed by atoms with van der Waals surface area (Å²) in [7, 11) is 0. The molecule has 0 aromatic heterocycles. The van der Waals surface area contributed by atoms with E-state index in [2.05, 4.69) is 41.4 Å². The van der Waals surface area contributed by atoms with E-state index in [1.54, 1.807) is 18.2 Å². The normalized spacial score (nSPS) is 15.8. The number of nitriles is 1. The van der Waals surface area contributed by atoms with Gasteiger partial charge in [0.05, 0.1) is 11.3 Å². The fourth-order valence-corrected chi connectivity index (χ4v) is 3.09. The van der Waals surface area contributed by atoms with Crippen molar-refractivity contribution in [3.8, 4) is 6.07 Å². The largest absolute Gasteiger partial charge is 0.368 e. The molecule has 0 spiro atoms. The zero-order chi connectivity index (χ0) is 16.2. The van der Waals surface area contributed by atoms with Crippen molar-refractivity contribution in [3.63, 3.8) is 0 Å². The molecule has 0 radical (unpaired) electrons. The quantitative estimate of drug-likeness (QED) is 0.942. The van der Waals surface area contributed by atoms with Gasteiger partial charge in [0.25, 0.3) is 0 Å². The molecule has 0 saturated carbocycles. The lowest BCUT2D eigenvalue weighted by Crippen LogP contribution is -2.32. The first-order valence-electron chi connectivity index (χ1n) is 7.82. The molecule has 2 aromatic rings. The molecule has 1 unspecified atom stereocenters. The molecule has 1 aliphatic heterocycles. The Bertz CT molecular complexity index is 763. The van der Waals surface area contributed by atoms with E-state index >= 15 is 0 Å². The zero-order valence-electron chi connectivity index (χ0n) is 13.1. The van der Waals surface area contributed by atoms with Gasteiger partial charge in [0.2, 0.25) is 5.91 Å². The molecular weight excluding hydrogens is 286 g/mol. The number of carbonyl (C=O) groups is 1. The van der Waals surface area contributed by atoms with Crippen molar-refractivity contribution in [1.29, 1.82) is 5.26 Å². The zero-order valence-corrected chi connectivity index (χ0v) is 13.1. The van der Waals surface area contributed by atoms with E-state index < -0.39 is 0 Å². The third-order valence-corrected chi connectivity index (χ3v) is 4.25. The topological polar surface area (TPSA) is 56.1 Å². The van der Waals surface area contributed by atoms with Gasteiger partial charge in [-0.05, 0) is 37.1 Å². The molecule has 0 aliphatic carbocycles. The van der Waals surface area contributed by atoms with Crippen LogP contribution in [0.1, 0.15) is 24.5 Å². The van der Waals surface area contributed by atoms with Gasteiger partial charge in [0.1, 0.15) is 6.07 Å². The second-order valence-corrected chi connectivity index (χ2v) is 5.83. The number of nitrogens with zero attached hydrogens (tertiary/aromatic N) is 2. The first-order valence-corrected chi connectivity index (χ1v) is 7.82. The summed E-state index contributed by atoms with van der Waals surface area (Å²) < 4.78 is 0. The fraction of sp³-hybridized carbons (Fsp3) is 0.263. The van der Waals surface area contributed by atoms with E-state index in [0.29, 0.717) is 30.3 Å². The predicted octanol–water partition coefficient (Wildman–Crippen LogP) is 3.34. The van der Waals surface area contributed by atoms with Crippen LogP contribution in [0.25, 0.3) is 0 Å². The molecule has 4 heteroatoms. The summed E-state index contributed by atoms with van der Waals surface area (Å²) in [6.45, 7) is 2.86. The summed E-state index contributed by atoms with van der Waals surface area (Å²) in [4.78, 5) is 14.5. The fourth-order valence-electron chi connectivity index (χ4n) is 3.09. The monoisotopic (exact) mass is 305 g/mol. The van der Waals surface area contributed by atoms with Crippen LogP contribution in [0.5, 0.6) is 0 Å². The lowest BCUT2D eigenvalue weighted by molar-refractivity contribution is -0.116. The number of anilines is 2. The van der Waals surface area contributed by atoms with Crippen LogP contribution in [-0.4, -0.2) is 18.5 Å². The van der Waals surface area contributed by atoms with Gasteiger partial charge in [-0.25, -0.2) is 0 Å². The molecule has 0 bridgehead atoms. The Kier molecular flexibility index (Phi) is 4.29. The number of hydrogen-bond donors (Lipinski definition) is 1. The van der Waals surface area contributed by atoms with Crippen LogP contribution < -0.4 is 10.2 Å². The van der Waals surface area contributed by atoms with E-state index in [1.807, 2.05) is 12.1 Å². The number of carbonyl (C=O) groups excluding carboxylic acids is 1. The van der Waals surface area contributed by atoms with E-state index in [1.165, 1.54) is 11.3 Å². The number of benzene rings is 2.